The zero-order valence-corrected chi connectivity index (χ0v) is 34.0. The van der Waals surface area contributed by atoms with Crippen molar-refractivity contribution in [1.29, 1.82) is 0 Å². The van der Waals surface area contributed by atoms with Crippen LogP contribution in [0.15, 0.2) is 158 Å². The molecule has 0 aliphatic rings. The van der Waals surface area contributed by atoms with Gasteiger partial charge in [0.1, 0.15) is 5.82 Å². The number of ether oxygens (including phenoxy) is 1. The standard InChI is InChI=1S/C50H40N4O.Pt/c1-34(2)41-20-13-21-42(35(3)4)50(41)37-26-27-51-49(30-37)54-47-23-11-9-19-44(47)45-25-24-40(32-48(45)54)55-39-17-12-16-38(31-39)52-28-29-53(33-52)46-22-10-8-18-43(46)36-14-6-5-7-15-36;/h5-30,34-35H,1-4H3;/q-2;. The molecular weight excluding hydrogens is 868 g/mol. The summed E-state index contributed by atoms with van der Waals surface area (Å²) in [4.78, 5) is 4.95. The zero-order chi connectivity index (χ0) is 37.5. The maximum Gasteiger partial charge on any atom is 0.267 e. The fourth-order valence-corrected chi connectivity index (χ4v) is 7.64. The predicted molar refractivity (Wildman–Crippen MR) is 222 cm³/mol. The molecule has 278 valence electrons. The number of nitrogens with zero attached hydrogens (tertiary/aromatic N) is 4. The molecule has 56 heavy (non-hydrogen) atoms. The maximum atomic E-state index is 6.50. The quantitative estimate of drug-likeness (QED) is 0.107. The molecule has 6 heteroatoms. The average molecular weight is 908 g/mol. The molecule has 0 unspecified atom stereocenters. The normalized spacial score (nSPS) is 11.4. The smallest absolute Gasteiger partial charge is 0.267 e. The van der Waals surface area contributed by atoms with Gasteiger partial charge >= 0.3 is 0 Å². The number of pyridine rings is 1. The topological polar surface area (TPSA) is 35.9 Å². The Kier molecular flexibility index (Phi) is 10.3. The number of imidazole rings is 1. The van der Waals surface area contributed by atoms with Crippen LogP contribution in [0.25, 0.3) is 61.3 Å². The summed E-state index contributed by atoms with van der Waals surface area (Å²) in [5.41, 5.74) is 11.3. The number of hydrogen-bond donors (Lipinski definition) is 0. The largest absolute Gasteiger partial charge is 0.510 e. The number of aromatic nitrogens is 4. The summed E-state index contributed by atoms with van der Waals surface area (Å²) in [5.74, 6) is 2.78. The van der Waals surface area contributed by atoms with Gasteiger partial charge in [-0.1, -0.05) is 118 Å². The molecule has 0 spiro atoms. The van der Waals surface area contributed by atoms with Crippen LogP contribution < -0.4 is 9.30 Å². The van der Waals surface area contributed by atoms with E-state index in [2.05, 4.69) is 160 Å². The Bertz CT molecular complexity index is 2790. The van der Waals surface area contributed by atoms with Crippen LogP contribution in [-0.4, -0.2) is 14.1 Å². The van der Waals surface area contributed by atoms with Gasteiger partial charge in [-0.05, 0) is 80.6 Å². The van der Waals surface area contributed by atoms with Crippen LogP contribution in [0.5, 0.6) is 11.5 Å². The summed E-state index contributed by atoms with van der Waals surface area (Å²) in [7, 11) is 0. The molecule has 0 amide bonds. The monoisotopic (exact) mass is 907 g/mol. The van der Waals surface area contributed by atoms with Crippen LogP contribution in [0.4, 0.5) is 0 Å². The van der Waals surface area contributed by atoms with E-state index in [1.807, 2.05) is 58.1 Å². The van der Waals surface area contributed by atoms with E-state index in [0.717, 1.165) is 55.7 Å². The van der Waals surface area contributed by atoms with Gasteiger partial charge in [0.15, 0.2) is 0 Å². The third-order valence-corrected chi connectivity index (χ3v) is 10.3. The summed E-state index contributed by atoms with van der Waals surface area (Å²) in [6.07, 6.45) is 9.40. The van der Waals surface area contributed by atoms with E-state index in [4.69, 9.17) is 9.72 Å². The fraction of sp³-hybridized carbons (Fsp3) is 0.120. The van der Waals surface area contributed by atoms with Crippen molar-refractivity contribution >= 4 is 21.8 Å². The van der Waals surface area contributed by atoms with Gasteiger partial charge in [-0.25, -0.2) is 4.98 Å². The van der Waals surface area contributed by atoms with Crippen molar-refractivity contribution in [3.8, 4) is 50.9 Å². The van der Waals surface area contributed by atoms with E-state index >= 15 is 0 Å². The van der Waals surface area contributed by atoms with Crippen molar-refractivity contribution in [1.82, 2.24) is 14.1 Å². The molecule has 0 bridgehead atoms. The molecule has 0 aliphatic heterocycles. The Morgan fingerprint density at radius 1 is 0.643 bits per heavy atom. The summed E-state index contributed by atoms with van der Waals surface area (Å²) >= 11 is 0. The summed E-state index contributed by atoms with van der Waals surface area (Å²) in [6, 6.07) is 55.4. The van der Waals surface area contributed by atoms with Crippen LogP contribution in [0, 0.1) is 18.5 Å². The SMILES string of the molecule is CC(C)c1cccc(C(C)C)c1-c1ccnc(-n2c3[c-]c(Oc4[c-]c(-n5[c-][n+](-c6ccccc6-c6ccccc6)cc5)ccc4)ccc3c3ccccc32)c1.[Pt]. The second kappa shape index (κ2) is 15.6. The molecule has 0 N–H and O–H groups in total. The Morgan fingerprint density at radius 3 is 2.16 bits per heavy atom. The van der Waals surface area contributed by atoms with Crippen molar-refractivity contribution in [2.45, 2.75) is 39.5 Å². The van der Waals surface area contributed by atoms with Gasteiger partial charge in [0.05, 0.1) is 5.69 Å². The average Bonchev–Trinajstić information content (AvgIpc) is 3.84. The van der Waals surface area contributed by atoms with Gasteiger partial charge in [-0.2, -0.15) is 18.2 Å². The molecule has 0 aliphatic carbocycles. The van der Waals surface area contributed by atoms with Crippen molar-refractivity contribution in [3.63, 3.8) is 0 Å². The van der Waals surface area contributed by atoms with Gasteiger partial charge in [0, 0.05) is 56.7 Å². The Hall–Kier alpha value is -6.03. The molecule has 0 saturated carbocycles. The molecule has 5 nitrogen and oxygen atoms in total. The van der Waals surface area contributed by atoms with Crippen molar-refractivity contribution in [2.24, 2.45) is 0 Å². The van der Waals surface area contributed by atoms with Crippen LogP contribution >= 0.6 is 0 Å². The molecule has 0 saturated heterocycles. The number of rotatable bonds is 9. The minimum Gasteiger partial charge on any atom is -0.510 e. The second-order valence-electron chi connectivity index (χ2n) is 14.5. The van der Waals surface area contributed by atoms with E-state index in [1.54, 1.807) is 0 Å². The number of benzene rings is 6. The van der Waals surface area contributed by atoms with E-state index < -0.39 is 0 Å². The first-order valence-corrected chi connectivity index (χ1v) is 18.9. The van der Waals surface area contributed by atoms with Gasteiger partial charge in [-0.3, -0.25) is 4.57 Å². The Morgan fingerprint density at radius 2 is 1.36 bits per heavy atom. The fourth-order valence-electron chi connectivity index (χ4n) is 7.64. The minimum atomic E-state index is 0. The van der Waals surface area contributed by atoms with Gasteiger partial charge in [-0.15, -0.1) is 29.7 Å². The molecular formula is C50H40N4OPt-2. The van der Waals surface area contributed by atoms with E-state index in [9.17, 15) is 0 Å². The zero-order valence-electron chi connectivity index (χ0n) is 31.7. The van der Waals surface area contributed by atoms with Gasteiger partial charge in [0.25, 0.3) is 6.33 Å². The molecule has 3 aromatic heterocycles. The third-order valence-electron chi connectivity index (χ3n) is 10.3. The van der Waals surface area contributed by atoms with E-state index in [0.29, 0.717) is 23.3 Å². The molecule has 6 aromatic carbocycles. The van der Waals surface area contributed by atoms with Crippen LogP contribution in [-0.2, 0) is 21.1 Å². The molecule has 0 fully saturated rings. The third kappa shape index (κ3) is 6.89. The number of fused-ring (bicyclic) bond motifs is 3. The Balaban J connectivity index is 0.00000441. The van der Waals surface area contributed by atoms with Gasteiger partial charge in [0.2, 0.25) is 0 Å². The number of para-hydroxylation sites is 2. The van der Waals surface area contributed by atoms with Crippen molar-refractivity contribution < 1.29 is 30.4 Å². The van der Waals surface area contributed by atoms with Crippen LogP contribution in [0.3, 0.4) is 0 Å². The first kappa shape index (κ1) is 36.9. The number of hydrogen-bond acceptors (Lipinski definition) is 2. The first-order chi connectivity index (χ1) is 26.9. The van der Waals surface area contributed by atoms with E-state index in [1.165, 1.54) is 16.7 Å². The van der Waals surface area contributed by atoms with Crippen LogP contribution in [0.2, 0.25) is 0 Å². The van der Waals surface area contributed by atoms with Crippen molar-refractivity contribution in [2.75, 3.05) is 0 Å². The minimum absolute atomic E-state index is 0. The summed E-state index contributed by atoms with van der Waals surface area (Å²) in [5, 5.41) is 2.22. The summed E-state index contributed by atoms with van der Waals surface area (Å²) < 4.78 is 12.6. The van der Waals surface area contributed by atoms with E-state index in [-0.39, 0.29) is 21.1 Å². The Labute approximate surface area is 342 Å². The molecule has 0 radical (unpaired) electrons. The molecule has 0 atom stereocenters. The van der Waals surface area contributed by atoms with Crippen molar-refractivity contribution in [3.05, 3.63) is 188 Å². The second-order valence-corrected chi connectivity index (χ2v) is 14.5. The predicted octanol–water partition coefficient (Wildman–Crippen LogP) is 12.0. The maximum absolute atomic E-state index is 6.50. The molecule has 9 aromatic rings. The summed E-state index contributed by atoms with van der Waals surface area (Å²) in [6.45, 7) is 9.06. The molecule has 9 rings (SSSR count). The van der Waals surface area contributed by atoms with Crippen LogP contribution in [0.1, 0.15) is 50.7 Å². The van der Waals surface area contributed by atoms with Gasteiger partial charge < -0.3 is 13.9 Å². The molecule has 3 heterocycles. The first-order valence-electron chi connectivity index (χ1n) is 18.9.